The predicted octanol–water partition coefficient (Wildman–Crippen LogP) is 3.40. The van der Waals surface area contributed by atoms with Crippen molar-refractivity contribution in [3.63, 3.8) is 0 Å². The minimum atomic E-state index is -0.342. The highest BCUT2D eigenvalue weighted by Gasteiger charge is 2.13. The Bertz CT molecular complexity index is 346. The highest BCUT2D eigenvalue weighted by atomic mass is 19.1. The third kappa shape index (κ3) is 2.87. The molecular formula is C13H19FN2. The van der Waals surface area contributed by atoms with Gasteiger partial charge in [0.25, 0.3) is 0 Å². The molecule has 0 saturated heterocycles. The number of nitrogens with two attached hydrogens (primary N) is 1. The Morgan fingerprint density at radius 1 is 1.31 bits per heavy atom. The SMILES string of the molecule is Nc1ccc(NCCC2CCCC2)cc1F. The van der Waals surface area contributed by atoms with Crippen molar-refractivity contribution in [2.75, 3.05) is 17.6 Å². The van der Waals surface area contributed by atoms with Gasteiger partial charge in [0.2, 0.25) is 0 Å². The Kier molecular flexibility index (Phi) is 3.65. The molecule has 1 aliphatic carbocycles. The first-order valence-electron chi connectivity index (χ1n) is 6.04. The highest BCUT2D eigenvalue weighted by molar-refractivity contribution is 5.52. The molecule has 2 nitrogen and oxygen atoms in total. The summed E-state index contributed by atoms with van der Waals surface area (Å²) < 4.78 is 13.1. The number of halogens is 1. The van der Waals surface area contributed by atoms with Crippen LogP contribution in [-0.2, 0) is 0 Å². The van der Waals surface area contributed by atoms with Crippen LogP contribution >= 0.6 is 0 Å². The highest BCUT2D eigenvalue weighted by Crippen LogP contribution is 2.27. The van der Waals surface area contributed by atoms with Crippen LogP contribution in [0.1, 0.15) is 32.1 Å². The van der Waals surface area contributed by atoms with Gasteiger partial charge in [0.1, 0.15) is 5.82 Å². The second-order valence-corrected chi connectivity index (χ2v) is 4.60. The van der Waals surface area contributed by atoms with Gasteiger partial charge >= 0.3 is 0 Å². The summed E-state index contributed by atoms with van der Waals surface area (Å²) in [6.45, 7) is 0.925. The zero-order valence-corrected chi connectivity index (χ0v) is 9.51. The molecule has 3 heteroatoms. The van der Waals surface area contributed by atoms with E-state index in [2.05, 4.69) is 5.32 Å². The summed E-state index contributed by atoms with van der Waals surface area (Å²) >= 11 is 0. The maximum Gasteiger partial charge on any atom is 0.148 e. The fourth-order valence-corrected chi connectivity index (χ4v) is 2.36. The molecule has 0 heterocycles. The molecule has 0 aliphatic heterocycles. The van der Waals surface area contributed by atoms with Crippen molar-refractivity contribution in [3.8, 4) is 0 Å². The van der Waals surface area contributed by atoms with Gasteiger partial charge in [-0.3, -0.25) is 0 Å². The van der Waals surface area contributed by atoms with Gasteiger partial charge in [-0.25, -0.2) is 4.39 Å². The number of benzene rings is 1. The van der Waals surface area contributed by atoms with Crippen LogP contribution in [0.5, 0.6) is 0 Å². The van der Waals surface area contributed by atoms with E-state index in [1.165, 1.54) is 38.2 Å². The third-order valence-corrected chi connectivity index (χ3v) is 3.36. The minimum absolute atomic E-state index is 0.210. The van der Waals surface area contributed by atoms with Gasteiger partial charge in [-0.2, -0.15) is 0 Å². The largest absolute Gasteiger partial charge is 0.396 e. The predicted molar refractivity (Wildman–Crippen MR) is 65.9 cm³/mol. The number of nitrogens with one attached hydrogen (secondary N) is 1. The molecule has 1 fully saturated rings. The number of nitrogen functional groups attached to an aromatic ring is 1. The Morgan fingerprint density at radius 3 is 2.75 bits per heavy atom. The summed E-state index contributed by atoms with van der Waals surface area (Å²) in [5.74, 6) is 0.525. The number of anilines is 2. The van der Waals surface area contributed by atoms with Crippen LogP contribution in [0.2, 0.25) is 0 Å². The van der Waals surface area contributed by atoms with Gasteiger partial charge in [-0.15, -0.1) is 0 Å². The van der Waals surface area contributed by atoms with Crippen molar-refractivity contribution in [1.29, 1.82) is 0 Å². The Hall–Kier alpha value is -1.25. The summed E-state index contributed by atoms with van der Waals surface area (Å²) in [5, 5.41) is 3.24. The fraction of sp³-hybridized carbons (Fsp3) is 0.538. The number of rotatable bonds is 4. The summed E-state index contributed by atoms with van der Waals surface area (Å²) in [6.07, 6.45) is 6.66. The van der Waals surface area contributed by atoms with Gasteiger partial charge in [0.05, 0.1) is 5.69 Å². The lowest BCUT2D eigenvalue weighted by atomic mass is 10.0. The fourth-order valence-electron chi connectivity index (χ4n) is 2.36. The molecule has 0 bridgehead atoms. The number of hydrogen-bond acceptors (Lipinski definition) is 2. The maximum atomic E-state index is 13.1. The van der Waals surface area contributed by atoms with Crippen LogP contribution in [-0.4, -0.2) is 6.54 Å². The van der Waals surface area contributed by atoms with Gasteiger partial charge in [0, 0.05) is 12.2 Å². The van der Waals surface area contributed by atoms with E-state index in [9.17, 15) is 4.39 Å². The van der Waals surface area contributed by atoms with Crippen LogP contribution in [0.3, 0.4) is 0 Å². The molecule has 0 amide bonds. The Morgan fingerprint density at radius 2 is 2.06 bits per heavy atom. The maximum absolute atomic E-state index is 13.1. The van der Waals surface area contributed by atoms with E-state index in [1.54, 1.807) is 6.07 Å². The second-order valence-electron chi connectivity index (χ2n) is 4.60. The Labute approximate surface area is 96.0 Å². The lowest BCUT2D eigenvalue weighted by Gasteiger charge is -2.11. The monoisotopic (exact) mass is 222 g/mol. The molecular weight excluding hydrogens is 203 g/mol. The average molecular weight is 222 g/mol. The van der Waals surface area contributed by atoms with E-state index in [0.29, 0.717) is 0 Å². The molecule has 1 saturated carbocycles. The summed E-state index contributed by atoms with van der Waals surface area (Å²) in [4.78, 5) is 0. The van der Waals surface area contributed by atoms with Crippen LogP contribution in [0.25, 0.3) is 0 Å². The van der Waals surface area contributed by atoms with Crippen molar-refractivity contribution >= 4 is 11.4 Å². The smallest absolute Gasteiger partial charge is 0.148 e. The van der Waals surface area contributed by atoms with Crippen LogP contribution in [0, 0.1) is 11.7 Å². The normalized spacial score (nSPS) is 16.6. The second kappa shape index (κ2) is 5.19. The van der Waals surface area contributed by atoms with Crippen molar-refractivity contribution in [3.05, 3.63) is 24.0 Å². The molecule has 0 radical (unpaired) electrons. The van der Waals surface area contributed by atoms with Gasteiger partial charge < -0.3 is 11.1 Å². The third-order valence-electron chi connectivity index (χ3n) is 3.36. The zero-order chi connectivity index (χ0) is 11.4. The van der Waals surface area contributed by atoms with Gasteiger partial charge in [-0.1, -0.05) is 25.7 Å². The summed E-state index contributed by atoms with van der Waals surface area (Å²) in [7, 11) is 0. The first-order chi connectivity index (χ1) is 7.75. The van der Waals surface area contributed by atoms with E-state index < -0.39 is 0 Å². The topological polar surface area (TPSA) is 38.0 Å². The molecule has 0 atom stereocenters. The molecule has 1 aliphatic rings. The van der Waals surface area contributed by atoms with Crippen molar-refractivity contribution in [1.82, 2.24) is 0 Å². The molecule has 88 valence electrons. The molecule has 0 unspecified atom stereocenters. The Balaban J connectivity index is 1.78. The quantitative estimate of drug-likeness (QED) is 0.766. The standard InChI is InChI=1S/C13H19FN2/c14-12-9-11(5-6-13(12)15)16-8-7-10-3-1-2-4-10/h5-6,9-10,16H,1-4,7-8,15H2. The van der Waals surface area contributed by atoms with Crippen LogP contribution in [0.15, 0.2) is 18.2 Å². The van der Waals surface area contributed by atoms with Crippen molar-refractivity contribution in [2.45, 2.75) is 32.1 Å². The number of hydrogen-bond donors (Lipinski definition) is 2. The minimum Gasteiger partial charge on any atom is -0.396 e. The van der Waals surface area contributed by atoms with E-state index in [0.717, 1.165) is 18.2 Å². The lowest BCUT2D eigenvalue weighted by Crippen LogP contribution is -2.07. The molecule has 0 aromatic heterocycles. The molecule has 3 N–H and O–H groups in total. The van der Waals surface area contributed by atoms with E-state index in [-0.39, 0.29) is 11.5 Å². The first-order valence-corrected chi connectivity index (χ1v) is 6.04. The zero-order valence-electron chi connectivity index (χ0n) is 9.51. The van der Waals surface area contributed by atoms with Crippen LogP contribution in [0.4, 0.5) is 15.8 Å². The van der Waals surface area contributed by atoms with E-state index >= 15 is 0 Å². The van der Waals surface area contributed by atoms with Gasteiger partial charge in [0.15, 0.2) is 0 Å². The molecule has 16 heavy (non-hydrogen) atoms. The summed E-state index contributed by atoms with van der Waals surface area (Å²) in [6, 6.07) is 4.89. The van der Waals surface area contributed by atoms with Crippen LogP contribution < -0.4 is 11.1 Å². The van der Waals surface area contributed by atoms with Crippen molar-refractivity contribution < 1.29 is 4.39 Å². The summed E-state index contributed by atoms with van der Waals surface area (Å²) in [5.41, 5.74) is 6.45. The lowest BCUT2D eigenvalue weighted by molar-refractivity contribution is 0.518. The molecule has 1 aromatic carbocycles. The van der Waals surface area contributed by atoms with E-state index in [1.807, 2.05) is 6.07 Å². The molecule has 0 spiro atoms. The van der Waals surface area contributed by atoms with E-state index in [4.69, 9.17) is 5.73 Å². The first kappa shape index (κ1) is 11.2. The molecule has 1 aromatic rings. The average Bonchev–Trinajstić information content (AvgIpc) is 2.76. The van der Waals surface area contributed by atoms with Crippen molar-refractivity contribution in [2.24, 2.45) is 5.92 Å². The van der Waals surface area contributed by atoms with Gasteiger partial charge in [-0.05, 0) is 30.5 Å². The molecule has 2 rings (SSSR count).